The van der Waals surface area contributed by atoms with Crippen LogP contribution in [-0.4, -0.2) is 42.5 Å². The Morgan fingerprint density at radius 2 is 1.27 bits per heavy atom. The molecule has 1 aliphatic rings. The molecule has 0 spiro atoms. The lowest BCUT2D eigenvalue weighted by Crippen LogP contribution is -2.47. The van der Waals surface area contributed by atoms with Gasteiger partial charge in [-0.2, -0.15) is 0 Å². The van der Waals surface area contributed by atoms with Crippen LogP contribution in [0, 0.1) is 6.92 Å². The van der Waals surface area contributed by atoms with Gasteiger partial charge in [0.2, 0.25) is 0 Å². The van der Waals surface area contributed by atoms with Crippen molar-refractivity contribution in [1.29, 1.82) is 0 Å². The van der Waals surface area contributed by atoms with E-state index in [0.29, 0.717) is 6.04 Å². The molecular formula is C20H25N2. The third-order valence-corrected chi connectivity index (χ3v) is 4.48. The first-order valence-electron chi connectivity index (χ1n) is 8.24. The van der Waals surface area contributed by atoms with Crippen molar-refractivity contribution in [2.24, 2.45) is 0 Å². The zero-order chi connectivity index (χ0) is 15.2. The number of rotatable bonds is 5. The summed E-state index contributed by atoms with van der Waals surface area (Å²) < 4.78 is 0. The van der Waals surface area contributed by atoms with Crippen LogP contribution in [-0.2, 0) is 0 Å². The lowest BCUT2D eigenvalue weighted by atomic mass is 9.96. The van der Waals surface area contributed by atoms with E-state index in [1.165, 1.54) is 11.1 Å². The third-order valence-electron chi connectivity index (χ3n) is 4.48. The summed E-state index contributed by atoms with van der Waals surface area (Å²) in [4.78, 5) is 5.14. The van der Waals surface area contributed by atoms with Gasteiger partial charge in [0.25, 0.3) is 0 Å². The van der Waals surface area contributed by atoms with Gasteiger partial charge in [-0.1, -0.05) is 67.6 Å². The van der Waals surface area contributed by atoms with Crippen LogP contribution in [0.1, 0.15) is 23.6 Å². The highest BCUT2D eigenvalue weighted by molar-refractivity contribution is 5.31. The number of hydrogen-bond donors (Lipinski definition) is 0. The molecule has 0 amide bonds. The Kier molecular flexibility index (Phi) is 5.25. The Morgan fingerprint density at radius 1 is 0.773 bits per heavy atom. The summed E-state index contributed by atoms with van der Waals surface area (Å²) in [5.74, 6) is 0. The minimum Gasteiger partial charge on any atom is -0.301 e. The first-order valence-corrected chi connectivity index (χ1v) is 8.24. The number of hydrogen-bond acceptors (Lipinski definition) is 2. The molecule has 0 aromatic heterocycles. The molecule has 1 fully saturated rings. The lowest BCUT2D eigenvalue weighted by molar-refractivity contribution is 0.110. The zero-order valence-electron chi connectivity index (χ0n) is 13.2. The summed E-state index contributed by atoms with van der Waals surface area (Å²) in [5.41, 5.74) is 2.78. The van der Waals surface area contributed by atoms with E-state index in [1.54, 1.807) is 0 Å². The van der Waals surface area contributed by atoms with Gasteiger partial charge in [0.15, 0.2) is 0 Å². The summed E-state index contributed by atoms with van der Waals surface area (Å²) >= 11 is 0. The molecule has 2 aromatic rings. The summed E-state index contributed by atoms with van der Waals surface area (Å²) in [5, 5.41) is 0. The van der Waals surface area contributed by atoms with Crippen molar-refractivity contribution >= 4 is 0 Å². The average molecular weight is 293 g/mol. The molecule has 1 heterocycles. The standard InChI is InChI=1S/C20H25N2/c1-2-13-21-14-16-22(17-15-21)20(18-9-5-3-6-10-18)19-11-7-4-8-12-19/h3-12,20H,1-2,13-17H2. The van der Waals surface area contributed by atoms with Crippen LogP contribution in [0.3, 0.4) is 0 Å². The molecule has 0 N–H and O–H groups in total. The minimum absolute atomic E-state index is 0.365. The predicted molar refractivity (Wildman–Crippen MR) is 92.7 cm³/mol. The van der Waals surface area contributed by atoms with E-state index in [-0.39, 0.29) is 0 Å². The van der Waals surface area contributed by atoms with Crippen LogP contribution < -0.4 is 0 Å². The third kappa shape index (κ3) is 3.57. The first-order chi connectivity index (χ1) is 10.9. The van der Waals surface area contributed by atoms with Crippen molar-refractivity contribution in [1.82, 2.24) is 9.80 Å². The zero-order valence-corrected chi connectivity index (χ0v) is 13.2. The maximum Gasteiger partial charge on any atom is 0.0602 e. The van der Waals surface area contributed by atoms with Crippen LogP contribution in [0.5, 0.6) is 0 Å². The van der Waals surface area contributed by atoms with Crippen LogP contribution in [0.2, 0.25) is 0 Å². The van der Waals surface area contributed by atoms with Gasteiger partial charge in [0.05, 0.1) is 6.04 Å². The molecule has 115 valence electrons. The minimum atomic E-state index is 0.365. The molecule has 1 radical (unpaired) electrons. The average Bonchev–Trinajstić information content (AvgIpc) is 2.59. The SMILES string of the molecule is [CH2]CCN1CCN(C(c2ccccc2)c2ccccc2)CC1. The van der Waals surface area contributed by atoms with Crippen molar-refractivity contribution in [3.05, 3.63) is 78.7 Å². The van der Waals surface area contributed by atoms with Gasteiger partial charge >= 0.3 is 0 Å². The normalized spacial score (nSPS) is 17.0. The molecule has 2 nitrogen and oxygen atoms in total. The highest BCUT2D eigenvalue weighted by atomic mass is 15.3. The molecule has 1 aliphatic heterocycles. The van der Waals surface area contributed by atoms with Gasteiger partial charge < -0.3 is 4.90 Å². The van der Waals surface area contributed by atoms with E-state index >= 15 is 0 Å². The summed E-state index contributed by atoms with van der Waals surface area (Å²) in [6.45, 7) is 9.62. The van der Waals surface area contributed by atoms with Gasteiger partial charge in [-0.15, -0.1) is 0 Å². The number of nitrogens with zero attached hydrogens (tertiary/aromatic N) is 2. The Labute approximate surface area is 134 Å². The number of piperazine rings is 1. The molecular weight excluding hydrogens is 268 g/mol. The fourth-order valence-corrected chi connectivity index (χ4v) is 3.35. The monoisotopic (exact) mass is 293 g/mol. The molecule has 2 aromatic carbocycles. The Balaban J connectivity index is 1.81. The van der Waals surface area contributed by atoms with Gasteiger partial charge in [-0.05, 0) is 24.1 Å². The maximum atomic E-state index is 3.97. The van der Waals surface area contributed by atoms with Crippen molar-refractivity contribution in [2.45, 2.75) is 12.5 Å². The van der Waals surface area contributed by atoms with Gasteiger partial charge in [-0.25, -0.2) is 0 Å². The van der Waals surface area contributed by atoms with E-state index < -0.39 is 0 Å². The Hall–Kier alpha value is -1.64. The maximum absolute atomic E-state index is 3.97. The summed E-state index contributed by atoms with van der Waals surface area (Å²) in [7, 11) is 0. The van der Waals surface area contributed by atoms with Crippen LogP contribution >= 0.6 is 0 Å². The smallest absolute Gasteiger partial charge is 0.0602 e. The van der Waals surface area contributed by atoms with E-state index in [9.17, 15) is 0 Å². The van der Waals surface area contributed by atoms with Crippen molar-refractivity contribution in [2.75, 3.05) is 32.7 Å². The van der Waals surface area contributed by atoms with E-state index in [4.69, 9.17) is 0 Å². The summed E-state index contributed by atoms with van der Waals surface area (Å²) in [6.07, 6.45) is 1.00. The molecule has 0 saturated carbocycles. The van der Waals surface area contributed by atoms with Crippen LogP contribution in [0.25, 0.3) is 0 Å². The summed E-state index contributed by atoms with van der Waals surface area (Å²) in [6, 6.07) is 22.1. The topological polar surface area (TPSA) is 6.48 Å². The molecule has 2 heteroatoms. The largest absolute Gasteiger partial charge is 0.301 e. The second kappa shape index (κ2) is 7.57. The Morgan fingerprint density at radius 3 is 1.73 bits per heavy atom. The quantitative estimate of drug-likeness (QED) is 0.831. The van der Waals surface area contributed by atoms with Crippen molar-refractivity contribution in [3.8, 4) is 0 Å². The van der Waals surface area contributed by atoms with Crippen molar-refractivity contribution in [3.63, 3.8) is 0 Å². The predicted octanol–water partition coefficient (Wildman–Crippen LogP) is 3.62. The van der Waals surface area contributed by atoms with E-state index in [1.807, 2.05) is 0 Å². The molecule has 1 saturated heterocycles. The molecule has 0 aliphatic carbocycles. The fourth-order valence-electron chi connectivity index (χ4n) is 3.35. The first kappa shape index (κ1) is 15.3. The molecule has 22 heavy (non-hydrogen) atoms. The number of benzene rings is 2. The second-order valence-electron chi connectivity index (χ2n) is 5.96. The molecule has 0 bridgehead atoms. The molecule has 3 rings (SSSR count). The van der Waals surface area contributed by atoms with Gasteiger partial charge in [0.1, 0.15) is 0 Å². The highest BCUT2D eigenvalue weighted by Gasteiger charge is 2.25. The van der Waals surface area contributed by atoms with Crippen molar-refractivity contribution < 1.29 is 0 Å². The molecule has 0 unspecified atom stereocenters. The fraction of sp³-hybridized carbons (Fsp3) is 0.350. The van der Waals surface area contributed by atoms with Crippen LogP contribution in [0.15, 0.2) is 60.7 Å². The van der Waals surface area contributed by atoms with E-state index in [2.05, 4.69) is 77.4 Å². The van der Waals surface area contributed by atoms with Gasteiger partial charge in [-0.3, -0.25) is 4.90 Å². The lowest BCUT2D eigenvalue weighted by Gasteiger charge is -2.39. The van der Waals surface area contributed by atoms with Crippen LogP contribution in [0.4, 0.5) is 0 Å². The second-order valence-corrected chi connectivity index (χ2v) is 5.96. The highest BCUT2D eigenvalue weighted by Crippen LogP contribution is 2.29. The Bertz CT molecular complexity index is 505. The van der Waals surface area contributed by atoms with E-state index in [0.717, 1.165) is 39.1 Å². The molecule has 0 atom stereocenters. The van der Waals surface area contributed by atoms with Gasteiger partial charge in [0, 0.05) is 26.2 Å².